The van der Waals surface area contributed by atoms with Crippen LogP contribution in [0.2, 0.25) is 0 Å². The van der Waals surface area contributed by atoms with E-state index in [0.717, 1.165) is 25.9 Å². The molecule has 1 fully saturated rings. The predicted molar refractivity (Wildman–Crippen MR) is 102 cm³/mol. The van der Waals surface area contributed by atoms with E-state index in [9.17, 15) is 9.59 Å². The zero-order valence-electron chi connectivity index (χ0n) is 14.8. The van der Waals surface area contributed by atoms with E-state index < -0.39 is 0 Å². The third-order valence-corrected chi connectivity index (χ3v) is 4.95. The van der Waals surface area contributed by atoms with Crippen LogP contribution in [-0.2, 0) is 0 Å². The molecule has 132 valence electrons. The predicted octanol–water partition coefficient (Wildman–Crippen LogP) is 3.26. The van der Waals surface area contributed by atoms with E-state index in [1.54, 1.807) is 12.1 Å². The summed E-state index contributed by atoms with van der Waals surface area (Å²) in [5, 5.41) is 5.62. The maximum atomic E-state index is 13.2. The Kier molecular flexibility index (Phi) is 4.29. The van der Waals surface area contributed by atoms with Crippen molar-refractivity contribution in [2.75, 3.05) is 13.1 Å². The summed E-state index contributed by atoms with van der Waals surface area (Å²) in [4.78, 5) is 28.0. The minimum atomic E-state index is -0.213. The zero-order valence-corrected chi connectivity index (χ0v) is 14.8. The van der Waals surface area contributed by atoms with Gasteiger partial charge in [0, 0.05) is 18.5 Å². The van der Waals surface area contributed by atoms with E-state index in [4.69, 9.17) is 0 Å². The Labute approximate surface area is 151 Å². The van der Waals surface area contributed by atoms with E-state index in [-0.39, 0.29) is 11.5 Å². The fourth-order valence-corrected chi connectivity index (χ4v) is 3.62. The number of amides is 1. The summed E-state index contributed by atoms with van der Waals surface area (Å²) in [6.45, 7) is 3.64. The molecule has 0 spiro atoms. The van der Waals surface area contributed by atoms with Gasteiger partial charge in [0.2, 0.25) is 0 Å². The normalized spacial score (nSPS) is 17.4. The second-order valence-corrected chi connectivity index (χ2v) is 6.95. The van der Waals surface area contributed by atoms with Crippen LogP contribution in [0.25, 0.3) is 16.5 Å². The summed E-state index contributed by atoms with van der Waals surface area (Å²) in [7, 11) is 0. The van der Waals surface area contributed by atoms with Gasteiger partial charge in [0.05, 0.1) is 11.1 Å². The minimum Gasteiger partial charge on any atom is -0.337 e. The number of piperidine rings is 1. The Bertz CT molecular complexity index is 1010. The van der Waals surface area contributed by atoms with Crippen molar-refractivity contribution in [2.45, 2.75) is 19.8 Å². The number of rotatable bonds is 2. The van der Waals surface area contributed by atoms with Gasteiger partial charge >= 0.3 is 0 Å². The van der Waals surface area contributed by atoms with Gasteiger partial charge in [-0.1, -0.05) is 43.3 Å². The summed E-state index contributed by atoms with van der Waals surface area (Å²) in [6.07, 6.45) is 2.14. The molecule has 1 aliphatic heterocycles. The van der Waals surface area contributed by atoms with E-state index >= 15 is 0 Å². The van der Waals surface area contributed by atoms with E-state index in [0.29, 0.717) is 28.1 Å². The molecular formula is C21H21N3O2. The van der Waals surface area contributed by atoms with Crippen molar-refractivity contribution >= 4 is 16.7 Å². The van der Waals surface area contributed by atoms with Gasteiger partial charge in [0.25, 0.3) is 11.5 Å². The highest BCUT2D eigenvalue weighted by molar-refractivity contribution is 6.04. The molecule has 2 aromatic carbocycles. The van der Waals surface area contributed by atoms with Gasteiger partial charge < -0.3 is 4.90 Å². The lowest BCUT2D eigenvalue weighted by Gasteiger charge is -2.31. The third kappa shape index (κ3) is 2.90. The Morgan fingerprint density at radius 3 is 2.46 bits per heavy atom. The van der Waals surface area contributed by atoms with Gasteiger partial charge in [-0.05, 0) is 37.0 Å². The topological polar surface area (TPSA) is 55.2 Å². The van der Waals surface area contributed by atoms with Gasteiger partial charge in [-0.2, -0.15) is 9.78 Å². The van der Waals surface area contributed by atoms with E-state index in [1.807, 2.05) is 47.4 Å². The highest BCUT2D eigenvalue weighted by Crippen LogP contribution is 2.21. The Morgan fingerprint density at radius 1 is 1.04 bits per heavy atom. The van der Waals surface area contributed by atoms with Crippen molar-refractivity contribution in [2.24, 2.45) is 5.92 Å². The highest BCUT2D eigenvalue weighted by atomic mass is 16.2. The molecule has 5 heteroatoms. The fraction of sp³-hybridized carbons (Fsp3) is 0.286. The number of carbonyl (C=O) groups is 1. The summed E-state index contributed by atoms with van der Waals surface area (Å²) < 4.78 is 1.34. The number of hydrogen-bond acceptors (Lipinski definition) is 3. The molecule has 5 nitrogen and oxygen atoms in total. The smallest absolute Gasteiger partial charge is 0.279 e. The minimum absolute atomic E-state index is 0.0996. The SMILES string of the molecule is CC1CCCN(C(=O)c2nn(-c3ccccc3)c(=O)c3ccccc23)C1. The molecule has 1 atom stereocenters. The van der Waals surface area contributed by atoms with Crippen molar-refractivity contribution in [1.82, 2.24) is 14.7 Å². The van der Waals surface area contributed by atoms with Gasteiger partial charge in [-0.25, -0.2) is 0 Å². The summed E-state index contributed by atoms with van der Waals surface area (Å²) >= 11 is 0. The second kappa shape index (κ2) is 6.75. The van der Waals surface area contributed by atoms with Gasteiger partial charge in [-0.15, -0.1) is 0 Å². The number of para-hydroxylation sites is 1. The number of benzene rings is 2. The lowest BCUT2D eigenvalue weighted by atomic mass is 9.99. The molecule has 1 aliphatic rings. The average Bonchev–Trinajstić information content (AvgIpc) is 2.69. The fourth-order valence-electron chi connectivity index (χ4n) is 3.62. The second-order valence-electron chi connectivity index (χ2n) is 6.95. The molecule has 2 heterocycles. The van der Waals surface area contributed by atoms with Crippen molar-refractivity contribution in [1.29, 1.82) is 0 Å². The number of fused-ring (bicyclic) bond motifs is 1. The molecular weight excluding hydrogens is 326 g/mol. The molecule has 1 aromatic heterocycles. The molecule has 0 aliphatic carbocycles. The van der Waals surface area contributed by atoms with Crippen LogP contribution in [0, 0.1) is 5.92 Å². The van der Waals surface area contributed by atoms with Crippen molar-refractivity contribution < 1.29 is 4.79 Å². The monoisotopic (exact) mass is 347 g/mol. The number of hydrogen-bond donors (Lipinski definition) is 0. The van der Waals surface area contributed by atoms with E-state index in [1.165, 1.54) is 4.68 Å². The Hall–Kier alpha value is -2.95. The number of aromatic nitrogens is 2. The number of carbonyl (C=O) groups excluding carboxylic acids is 1. The van der Waals surface area contributed by atoms with E-state index in [2.05, 4.69) is 12.0 Å². The first kappa shape index (κ1) is 16.5. The van der Waals surface area contributed by atoms with Gasteiger partial charge in [0.1, 0.15) is 0 Å². The Morgan fingerprint density at radius 2 is 1.73 bits per heavy atom. The van der Waals surface area contributed by atoms with Gasteiger partial charge in [-0.3, -0.25) is 9.59 Å². The van der Waals surface area contributed by atoms with Crippen molar-refractivity contribution in [3.8, 4) is 5.69 Å². The summed E-state index contributed by atoms with van der Waals surface area (Å²) in [5.41, 5.74) is 0.790. The van der Waals surface area contributed by atoms with Crippen LogP contribution in [-0.4, -0.2) is 33.7 Å². The third-order valence-electron chi connectivity index (χ3n) is 4.95. The molecule has 4 rings (SSSR count). The molecule has 0 bridgehead atoms. The first-order valence-corrected chi connectivity index (χ1v) is 9.02. The van der Waals surface area contributed by atoms with Crippen LogP contribution in [0.3, 0.4) is 0 Å². The van der Waals surface area contributed by atoms with Crippen molar-refractivity contribution in [3.63, 3.8) is 0 Å². The standard InChI is InChI=1S/C21H21N3O2/c1-15-8-7-13-23(14-15)21(26)19-17-11-5-6-12-18(17)20(25)24(22-19)16-9-3-2-4-10-16/h2-6,9-12,15H,7-8,13-14H2,1H3. The molecule has 1 saturated heterocycles. The van der Waals surface area contributed by atoms with Crippen LogP contribution >= 0.6 is 0 Å². The molecule has 1 amide bonds. The van der Waals surface area contributed by atoms with Crippen LogP contribution < -0.4 is 5.56 Å². The maximum Gasteiger partial charge on any atom is 0.279 e. The largest absolute Gasteiger partial charge is 0.337 e. The van der Waals surface area contributed by atoms with Crippen molar-refractivity contribution in [3.05, 3.63) is 70.6 Å². The Balaban J connectivity index is 1.90. The summed E-state index contributed by atoms with van der Waals surface area (Å²) in [6, 6.07) is 16.5. The van der Waals surface area contributed by atoms with Crippen LogP contribution in [0.1, 0.15) is 30.3 Å². The lowest BCUT2D eigenvalue weighted by molar-refractivity contribution is 0.0677. The zero-order chi connectivity index (χ0) is 18.1. The first-order valence-electron chi connectivity index (χ1n) is 9.02. The first-order chi connectivity index (χ1) is 12.6. The van der Waals surface area contributed by atoms with Crippen LogP contribution in [0.15, 0.2) is 59.4 Å². The quantitative estimate of drug-likeness (QED) is 0.715. The average molecular weight is 347 g/mol. The molecule has 26 heavy (non-hydrogen) atoms. The lowest BCUT2D eigenvalue weighted by Crippen LogP contribution is -2.40. The number of likely N-dealkylation sites (tertiary alicyclic amines) is 1. The molecule has 0 radical (unpaired) electrons. The van der Waals surface area contributed by atoms with Crippen LogP contribution in [0.5, 0.6) is 0 Å². The molecule has 0 saturated carbocycles. The maximum absolute atomic E-state index is 13.2. The van der Waals surface area contributed by atoms with Gasteiger partial charge in [0.15, 0.2) is 5.69 Å². The molecule has 3 aromatic rings. The number of nitrogens with zero attached hydrogens (tertiary/aromatic N) is 3. The summed E-state index contributed by atoms with van der Waals surface area (Å²) in [5.74, 6) is 0.386. The highest BCUT2D eigenvalue weighted by Gasteiger charge is 2.26. The molecule has 1 unspecified atom stereocenters. The molecule has 0 N–H and O–H groups in total. The van der Waals surface area contributed by atoms with Crippen LogP contribution in [0.4, 0.5) is 0 Å².